The number of amides is 1. The van der Waals surface area contributed by atoms with Crippen LogP contribution in [-0.2, 0) is 4.79 Å². The monoisotopic (exact) mass is 384 g/mol. The minimum atomic E-state index is -0.0963. The van der Waals surface area contributed by atoms with Crippen molar-refractivity contribution in [3.8, 4) is 0 Å². The lowest BCUT2D eigenvalue weighted by Crippen LogP contribution is -2.40. The molecule has 1 amide bonds. The summed E-state index contributed by atoms with van der Waals surface area (Å²) in [4.78, 5) is 15.2. The Morgan fingerprint density at radius 2 is 1.76 bits per heavy atom. The minimum Gasteiger partial charge on any atom is -0.342 e. The minimum absolute atomic E-state index is 0. The van der Waals surface area contributed by atoms with E-state index in [1.54, 1.807) is 0 Å². The molecule has 4 rings (SSSR count). The molecule has 1 aromatic rings. The number of nitrogens with one attached hydrogen (secondary N) is 3. The number of likely N-dealkylation sites (tertiary alicyclic amines) is 1. The van der Waals surface area contributed by atoms with Crippen LogP contribution in [-0.4, -0.2) is 43.5 Å². The molecular formula is C18H26Cl2N4O. The molecule has 3 fully saturated rings. The fraction of sp³-hybridized carbons (Fsp3) is 0.611. The van der Waals surface area contributed by atoms with E-state index in [2.05, 4.69) is 21.1 Å². The standard InChI is InChI=1S/C18H25ClN4O.ClH/c19-16-4-2-1-3-14(16)17-15(11-21-22-17)18(24)23-7-5-12-9-20-10-13(12)6-8-23;/h1-4,12-13,15,17,20-22H,5-11H2;1H/t12-,13+,15?,17?;. The van der Waals surface area contributed by atoms with Crippen molar-refractivity contribution in [3.63, 3.8) is 0 Å². The molecule has 4 atom stereocenters. The number of benzene rings is 1. The fourth-order valence-corrected chi connectivity index (χ4v) is 4.68. The maximum atomic E-state index is 13.2. The van der Waals surface area contributed by atoms with Crippen LogP contribution in [0, 0.1) is 17.8 Å². The van der Waals surface area contributed by atoms with Gasteiger partial charge in [0.05, 0.1) is 12.0 Å². The summed E-state index contributed by atoms with van der Waals surface area (Å²) in [5, 5.41) is 4.20. The SMILES string of the molecule is Cl.O=C(C1CNNC1c1ccccc1Cl)N1CC[C@@H]2CNC[C@@H]2CC1. The number of rotatable bonds is 2. The van der Waals surface area contributed by atoms with Gasteiger partial charge in [0.1, 0.15) is 0 Å². The van der Waals surface area contributed by atoms with Gasteiger partial charge in [-0.25, -0.2) is 5.43 Å². The molecule has 138 valence electrons. The van der Waals surface area contributed by atoms with Crippen molar-refractivity contribution >= 4 is 29.9 Å². The number of hydrazine groups is 1. The molecule has 3 aliphatic heterocycles. The van der Waals surface area contributed by atoms with Gasteiger partial charge in [0.15, 0.2) is 0 Å². The Morgan fingerprint density at radius 1 is 1.08 bits per heavy atom. The zero-order valence-electron chi connectivity index (χ0n) is 14.2. The summed E-state index contributed by atoms with van der Waals surface area (Å²) in [7, 11) is 0. The molecule has 3 N–H and O–H groups in total. The number of nitrogens with zero attached hydrogens (tertiary/aromatic N) is 1. The zero-order valence-corrected chi connectivity index (χ0v) is 15.8. The first kappa shape index (κ1) is 18.9. The first-order chi connectivity index (χ1) is 11.7. The molecule has 0 aliphatic carbocycles. The van der Waals surface area contributed by atoms with Gasteiger partial charge in [-0.2, -0.15) is 0 Å². The number of fused-ring (bicyclic) bond motifs is 1. The van der Waals surface area contributed by atoms with Crippen LogP contribution in [0.1, 0.15) is 24.4 Å². The third-order valence-electron chi connectivity index (χ3n) is 5.87. The number of carbonyl (C=O) groups is 1. The van der Waals surface area contributed by atoms with Crippen molar-refractivity contribution in [2.45, 2.75) is 18.9 Å². The highest BCUT2D eigenvalue weighted by molar-refractivity contribution is 6.31. The number of hydrogen-bond acceptors (Lipinski definition) is 4. The highest BCUT2D eigenvalue weighted by atomic mass is 35.5. The van der Waals surface area contributed by atoms with Crippen molar-refractivity contribution in [3.05, 3.63) is 34.9 Å². The third kappa shape index (κ3) is 3.81. The topological polar surface area (TPSA) is 56.4 Å². The third-order valence-corrected chi connectivity index (χ3v) is 6.21. The lowest BCUT2D eigenvalue weighted by atomic mass is 9.92. The first-order valence-corrected chi connectivity index (χ1v) is 9.34. The summed E-state index contributed by atoms with van der Waals surface area (Å²) < 4.78 is 0. The molecule has 0 aromatic heterocycles. The van der Waals surface area contributed by atoms with Gasteiger partial charge in [0.2, 0.25) is 5.91 Å². The van der Waals surface area contributed by atoms with Gasteiger partial charge in [-0.1, -0.05) is 29.8 Å². The van der Waals surface area contributed by atoms with Crippen LogP contribution >= 0.6 is 24.0 Å². The highest BCUT2D eigenvalue weighted by Gasteiger charge is 2.39. The van der Waals surface area contributed by atoms with Gasteiger partial charge in [0.25, 0.3) is 0 Å². The molecule has 2 unspecified atom stereocenters. The van der Waals surface area contributed by atoms with E-state index in [4.69, 9.17) is 11.6 Å². The smallest absolute Gasteiger partial charge is 0.229 e. The largest absolute Gasteiger partial charge is 0.342 e. The Labute approximate surface area is 160 Å². The van der Waals surface area contributed by atoms with Gasteiger partial charge in [-0.15, -0.1) is 12.4 Å². The van der Waals surface area contributed by atoms with Crippen LogP contribution in [0.5, 0.6) is 0 Å². The molecule has 0 spiro atoms. The van der Waals surface area contributed by atoms with Crippen LogP contribution in [0.4, 0.5) is 0 Å². The maximum Gasteiger partial charge on any atom is 0.229 e. The predicted molar refractivity (Wildman–Crippen MR) is 102 cm³/mol. The van der Waals surface area contributed by atoms with Gasteiger partial charge in [-0.05, 0) is 49.4 Å². The van der Waals surface area contributed by atoms with E-state index in [0.29, 0.717) is 11.6 Å². The van der Waals surface area contributed by atoms with Crippen molar-refractivity contribution in [2.24, 2.45) is 17.8 Å². The Balaban J connectivity index is 0.00000182. The van der Waals surface area contributed by atoms with Crippen LogP contribution in [0.25, 0.3) is 0 Å². The second kappa shape index (κ2) is 8.23. The summed E-state index contributed by atoms with van der Waals surface area (Å²) in [6.07, 6.45) is 2.24. The van der Waals surface area contributed by atoms with E-state index in [0.717, 1.165) is 56.4 Å². The van der Waals surface area contributed by atoms with Gasteiger partial charge in [0, 0.05) is 24.7 Å². The van der Waals surface area contributed by atoms with Crippen LogP contribution in [0.15, 0.2) is 24.3 Å². The summed E-state index contributed by atoms with van der Waals surface area (Å²) in [6, 6.07) is 7.73. The number of carbonyl (C=O) groups excluding carboxylic acids is 1. The van der Waals surface area contributed by atoms with Gasteiger partial charge >= 0.3 is 0 Å². The lowest BCUT2D eigenvalue weighted by molar-refractivity contribution is -0.135. The van der Waals surface area contributed by atoms with E-state index >= 15 is 0 Å². The predicted octanol–water partition coefficient (Wildman–Crippen LogP) is 1.98. The molecule has 25 heavy (non-hydrogen) atoms. The summed E-state index contributed by atoms with van der Waals surface area (Å²) in [5.41, 5.74) is 7.40. The average Bonchev–Trinajstić information content (AvgIpc) is 3.20. The number of halogens is 2. The Bertz CT molecular complexity index is 600. The van der Waals surface area contributed by atoms with Crippen molar-refractivity contribution < 1.29 is 4.79 Å². The van der Waals surface area contributed by atoms with Gasteiger partial charge in [-0.3, -0.25) is 10.2 Å². The van der Waals surface area contributed by atoms with E-state index in [-0.39, 0.29) is 30.3 Å². The molecule has 5 nitrogen and oxygen atoms in total. The van der Waals surface area contributed by atoms with Crippen LogP contribution in [0.3, 0.4) is 0 Å². The Kier molecular flexibility index (Phi) is 6.23. The normalized spacial score (nSPS) is 32.0. The second-order valence-corrected chi connectivity index (χ2v) is 7.62. The molecule has 0 radical (unpaired) electrons. The van der Waals surface area contributed by atoms with E-state index < -0.39 is 0 Å². The summed E-state index contributed by atoms with van der Waals surface area (Å²) in [6.45, 7) is 4.64. The van der Waals surface area contributed by atoms with E-state index in [1.807, 2.05) is 24.3 Å². The van der Waals surface area contributed by atoms with Gasteiger partial charge < -0.3 is 10.2 Å². The Hall–Kier alpha value is -0.850. The lowest BCUT2D eigenvalue weighted by Gasteiger charge is -2.27. The van der Waals surface area contributed by atoms with E-state index in [9.17, 15) is 4.79 Å². The molecule has 7 heteroatoms. The fourth-order valence-electron chi connectivity index (χ4n) is 4.42. The maximum absolute atomic E-state index is 13.2. The molecule has 3 saturated heterocycles. The second-order valence-electron chi connectivity index (χ2n) is 7.21. The summed E-state index contributed by atoms with van der Waals surface area (Å²) >= 11 is 6.35. The zero-order chi connectivity index (χ0) is 16.5. The molecule has 3 heterocycles. The van der Waals surface area contributed by atoms with Crippen molar-refractivity contribution in [1.29, 1.82) is 0 Å². The van der Waals surface area contributed by atoms with Crippen LogP contribution < -0.4 is 16.2 Å². The Morgan fingerprint density at radius 3 is 2.44 bits per heavy atom. The molecule has 0 saturated carbocycles. The van der Waals surface area contributed by atoms with Crippen LogP contribution in [0.2, 0.25) is 5.02 Å². The molecule has 0 bridgehead atoms. The first-order valence-electron chi connectivity index (χ1n) is 8.96. The highest BCUT2D eigenvalue weighted by Crippen LogP contribution is 2.33. The molecular weight excluding hydrogens is 359 g/mol. The van der Waals surface area contributed by atoms with Crippen molar-refractivity contribution in [2.75, 3.05) is 32.7 Å². The number of hydrogen-bond donors (Lipinski definition) is 3. The summed E-state index contributed by atoms with van der Waals surface area (Å²) in [5.74, 6) is 1.63. The molecule has 1 aromatic carbocycles. The van der Waals surface area contributed by atoms with E-state index in [1.165, 1.54) is 0 Å². The van der Waals surface area contributed by atoms with Crippen molar-refractivity contribution in [1.82, 2.24) is 21.1 Å². The quantitative estimate of drug-likeness (QED) is 0.729. The average molecular weight is 385 g/mol. The molecule has 3 aliphatic rings.